The molecule has 0 saturated carbocycles. The Morgan fingerprint density at radius 2 is 1.52 bits per heavy atom. The first-order valence-electron chi connectivity index (χ1n) is 9.58. The number of rotatable bonds is 4. The van der Waals surface area contributed by atoms with Crippen molar-refractivity contribution in [3.63, 3.8) is 0 Å². The van der Waals surface area contributed by atoms with Crippen molar-refractivity contribution in [3.8, 4) is 17.1 Å². The Bertz CT molecular complexity index is 1340. The first-order chi connectivity index (χ1) is 15.0. The molecule has 0 aliphatic rings. The van der Waals surface area contributed by atoms with E-state index in [2.05, 4.69) is 15.3 Å². The second-order valence-electron chi connectivity index (χ2n) is 7.07. The van der Waals surface area contributed by atoms with E-state index in [1.807, 2.05) is 30.3 Å². The fraction of sp³-hybridized carbons (Fsp3) is 0.0870. The summed E-state index contributed by atoms with van der Waals surface area (Å²) in [7, 11) is 0. The van der Waals surface area contributed by atoms with E-state index in [4.69, 9.17) is 0 Å². The van der Waals surface area contributed by atoms with Crippen LogP contribution in [0.2, 0.25) is 0 Å². The molecule has 0 spiro atoms. The van der Waals surface area contributed by atoms with E-state index in [1.165, 1.54) is 4.57 Å². The van der Waals surface area contributed by atoms with E-state index in [1.54, 1.807) is 53.2 Å². The third-order valence-corrected chi connectivity index (χ3v) is 5.05. The lowest BCUT2D eigenvalue weighted by molar-refractivity contribution is -0.143. The molecule has 0 N–H and O–H groups in total. The molecule has 2 heterocycles. The highest BCUT2D eigenvalue weighted by atomic mass is 19.4. The molecule has 5 aromatic rings. The van der Waals surface area contributed by atoms with E-state index in [9.17, 15) is 13.2 Å². The van der Waals surface area contributed by atoms with Crippen molar-refractivity contribution in [2.45, 2.75) is 12.7 Å². The minimum absolute atomic E-state index is 0.0699. The van der Waals surface area contributed by atoms with Crippen LogP contribution in [0.4, 0.5) is 13.2 Å². The molecule has 0 unspecified atom stereocenters. The molecule has 8 heteroatoms. The van der Waals surface area contributed by atoms with Crippen LogP contribution in [0.15, 0.2) is 85.1 Å². The zero-order valence-corrected chi connectivity index (χ0v) is 16.2. The van der Waals surface area contributed by atoms with Crippen LogP contribution in [-0.4, -0.2) is 24.5 Å². The van der Waals surface area contributed by atoms with E-state index in [-0.39, 0.29) is 12.4 Å². The van der Waals surface area contributed by atoms with Crippen LogP contribution in [0.25, 0.3) is 28.1 Å². The lowest BCUT2D eigenvalue weighted by Crippen LogP contribution is -2.15. The standard InChI is InChI=1S/C23H16F3N5/c24-23(25,26)21-14-27-22(30(21)15-16-6-2-1-3-7-16)17-10-12-18(13-11-17)31-20-9-5-4-8-19(20)28-29-31/h1-14H,15H2. The second-order valence-corrected chi connectivity index (χ2v) is 7.07. The predicted octanol–water partition coefficient (Wildman–Crippen LogP) is 5.35. The minimum Gasteiger partial charge on any atom is -0.316 e. The van der Waals surface area contributed by atoms with Crippen LogP contribution in [-0.2, 0) is 12.7 Å². The van der Waals surface area contributed by atoms with Crippen molar-refractivity contribution >= 4 is 11.0 Å². The monoisotopic (exact) mass is 419 g/mol. The molecule has 31 heavy (non-hydrogen) atoms. The van der Waals surface area contributed by atoms with Gasteiger partial charge in [-0.1, -0.05) is 47.7 Å². The van der Waals surface area contributed by atoms with Gasteiger partial charge < -0.3 is 4.57 Å². The number of hydrogen-bond donors (Lipinski definition) is 0. The van der Waals surface area contributed by atoms with Gasteiger partial charge in [0, 0.05) is 12.1 Å². The molecule has 3 aromatic carbocycles. The molecule has 0 amide bonds. The Kier molecular flexibility index (Phi) is 4.54. The summed E-state index contributed by atoms with van der Waals surface area (Å²) >= 11 is 0. The first-order valence-corrected chi connectivity index (χ1v) is 9.58. The molecule has 0 saturated heterocycles. The molecular formula is C23H16F3N5. The fourth-order valence-electron chi connectivity index (χ4n) is 3.57. The number of para-hydroxylation sites is 1. The number of alkyl halides is 3. The topological polar surface area (TPSA) is 48.5 Å². The number of imidazole rings is 1. The number of halogens is 3. The van der Waals surface area contributed by atoms with Crippen LogP contribution in [0, 0.1) is 0 Å². The van der Waals surface area contributed by atoms with Gasteiger partial charge in [0.05, 0.1) is 17.4 Å². The smallest absolute Gasteiger partial charge is 0.316 e. The van der Waals surface area contributed by atoms with Gasteiger partial charge in [0.25, 0.3) is 0 Å². The predicted molar refractivity (Wildman–Crippen MR) is 111 cm³/mol. The number of nitrogens with zero attached hydrogens (tertiary/aromatic N) is 5. The maximum Gasteiger partial charge on any atom is 0.433 e. The largest absolute Gasteiger partial charge is 0.433 e. The molecule has 0 bridgehead atoms. The van der Waals surface area contributed by atoms with Gasteiger partial charge in [0.2, 0.25) is 0 Å². The lowest BCUT2D eigenvalue weighted by atomic mass is 10.1. The molecule has 2 aromatic heterocycles. The summed E-state index contributed by atoms with van der Waals surface area (Å²) < 4.78 is 43.7. The Labute approximate surface area is 175 Å². The van der Waals surface area contributed by atoms with Crippen molar-refractivity contribution in [1.29, 1.82) is 0 Å². The zero-order valence-electron chi connectivity index (χ0n) is 16.2. The van der Waals surface area contributed by atoms with Crippen molar-refractivity contribution in [2.75, 3.05) is 0 Å². The summed E-state index contributed by atoms with van der Waals surface area (Å²) in [5.41, 5.74) is 2.94. The Morgan fingerprint density at radius 3 is 2.26 bits per heavy atom. The number of aromatic nitrogens is 5. The highest BCUT2D eigenvalue weighted by Gasteiger charge is 2.36. The molecule has 0 fully saturated rings. The van der Waals surface area contributed by atoms with Gasteiger partial charge in [0.15, 0.2) is 0 Å². The normalized spacial score (nSPS) is 11.8. The molecule has 0 aliphatic carbocycles. The molecule has 0 aliphatic heterocycles. The average molecular weight is 419 g/mol. The summed E-state index contributed by atoms with van der Waals surface area (Å²) in [5.74, 6) is 0.256. The molecule has 5 rings (SSSR count). The maximum atomic E-state index is 13.6. The number of fused-ring (bicyclic) bond motifs is 1. The number of benzene rings is 3. The van der Waals surface area contributed by atoms with E-state index >= 15 is 0 Å². The van der Waals surface area contributed by atoms with Gasteiger partial charge in [-0.2, -0.15) is 13.2 Å². The van der Waals surface area contributed by atoms with Crippen LogP contribution in [0.5, 0.6) is 0 Å². The van der Waals surface area contributed by atoms with Gasteiger partial charge in [0.1, 0.15) is 17.0 Å². The molecular weight excluding hydrogens is 403 g/mol. The van der Waals surface area contributed by atoms with Crippen LogP contribution >= 0.6 is 0 Å². The highest BCUT2D eigenvalue weighted by molar-refractivity contribution is 5.76. The Hall–Kier alpha value is -3.94. The lowest BCUT2D eigenvalue weighted by Gasteiger charge is -2.14. The van der Waals surface area contributed by atoms with E-state index in [0.29, 0.717) is 5.56 Å². The van der Waals surface area contributed by atoms with Gasteiger partial charge in [-0.3, -0.25) is 0 Å². The van der Waals surface area contributed by atoms with Crippen molar-refractivity contribution in [1.82, 2.24) is 24.5 Å². The molecule has 154 valence electrons. The second kappa shape index (κ2) is 7.39. The summed E-state index contributed by atoms with van der Waals surface area (Å²) in [6.45, 7) is 0.0699. The Balaban J connectivity index is 1.55. The van der Waals surface area contributed by atoms with Gasteiger partial charge in [-0.15, -0.1) is 5.10 Å². The van der Waals surface area contributed by atoms with Gasteiger partial charge >= 0.3 is 6.18 Å². The van der Waals surface area contributed by atoms with Crippen molar-refractivity contribution in [3.05, 3.63) is 96.3 Å². The van der Waals surface area contributed by atoms with Crippen molar-refractivity contribution < 1.29 is 13.2 Å². The van der Waals surface area contributed by atoms with E-state index in [0.717, 1.165) is 28.5 Å². The number of hydrogen-bond acceptors (Lipinski definition) is 3. The first kappa shape index (κ1) is 19.0. The summed E-state index contributed by atoms with van der Waals surface area (Å²) in [6.07, 6.45) is -3.61. The van der Waals surface area contributed by atoms with Crippen LogP contribution < -0.4 is 0 Å². The summed E-state index contributed by atoms with van der Waals surface area (Å²) in [5, 5.41) is 8.31. The third kappa shape index (κ3) is 3.56. The van der Waals surface area contributed by atoms with Crippen molar-refractivity contribution in [2.24, 2.45) is 0 Å². The maximum absolute atomic E-state index is 13.6. The quantitative estimate of drug-likeness (QED) is 0.395. The van der Waals surface area contributed by atoms with E-state index < -0.39 is 11.9 Å². The third-order valence-electron chi connectivity index (χ3n) is 5.05. The molecule has 5 nitrogen and oxygen atoms in total. The highest BCUT2D eigenvalue weighted by Crippen LogP contribution is 2.33. The van der Waals surface area contributed by atoms with Crippen LogP contribution in [0.1, 0.15) is 11.3 Å². The summed E-state index contributed by atoms with van der Waals surface area (Å²) in [6, 6.07) is 23.7. The molecule has 0 radical (unpaired) electrons. The fourth-order valence-corrected chi connectivity index (χ4v) is 3.57. The van der Waals surface area contributed by atoms with Crippen LogP contribution in [0.3, 0.4) is 0 Å². The Morgan fingerprint density at radius 1 is 0.806 bits per heavy atom. The minimum atomic E-state index is -4.50. The summed E-state index contributed by atoms with van der Waals surface area (Å²) in [4.78, 5) is 4.10. The van der Waals surface area contributed by atoms with Gasteiger partial charge in [-0.25, -0.2) is 9.67 Å². The zero-order chi connectivity index (χ0) is 21.4. The van der Waals surface area contributed by atoms with Gasteiger partial charge in [-0.05, 0) is 42.0 Å². The SMILES string of the molecule is FC(F)(F)c1cnc(-c2ccc(-n3nnc4ccccc43)cc2)n1Cc1ccccc1. The average Bonchev–Trinajstić information content (AvgIpc) is 3.39. The molecule has 0 atom stereocenters.